The first-order valence-corrected chi connectivity index (χ1v) is 15.3. The molecule has 4 aromatic rings. The molecule has 1 aliphatic heterocycles. The number of benzene rings is 3. The van der Waals surface area contributed by atoms with Gasteiger partial charge in [0.1, 0.15) is 5.75 Å². The number of nitrogens with one attached hydrogen (secondary N) is 2. The Bertz CT molecular complexity index is 1730. The molecule has 248 valence electrons. The first-order valence-electron chi connectivity index (χ1n) is 15.3. The van der Waals surface area contributed by atoms with Crippen LogP contribution in [0.3, 0.4) is 0 Å². The highest BCUT2D eigenvalue weighted by Gasteiger charge is 2.21. The quantitative estimate of drug-likeness (QED) is 0.200. The van der Waals surface area contributed by atoms with Crippen LogP contribution in [0.5, 0.6) is 34.5 Å². The van der Waals surface area contributed by atoms with E-state index in [-0.39, 0.29) is 18.0 Å². The molecule has 0 spiro atoms. The molecule has 0 aliphatic carbocycles. The predicted molar refractivity (Wildman–Crippen MR) is 175 cm³/mol. The van der Waals surface area contributed by atoms with Gasteiger partial charge in [-0.1, -0.05) is 6.07 Å². The summed E-state index contributed by atoms with van der Waals surface area (Å²) in [5.74, 6) is 0.641. The number of anilines is 1. The number of aromatic nitrogens is 1. The smallest absolute Gasteiger partial charge is 0.313 e. The van der Waals surface area contributed by atoms with Gasteiger partial charge in [0.25, 0.3) is 0 Å². The fourth-order valence-electron chi connectivity index (χ4n) is 5.32. The normalized spacial score (nSPS) is 13.1. The molecule has 47 heavy (non-hydrogen) atoms. The summed E-state index contributed by atoms with van der Waals surface area (Å²) in [6.07, 6.45) is 4.16. The number of fused-ring (bicyclic) bond motifs is 1. The van der Waals surface area contributed by atoms with Crippen molar-refractivity contribution in [2.24, 2.45) is 5.92 Å². The maximum Gasteiger partial charge on any atom is 0.313 e. The largest absolute Gasteiger partial charge is 0.493 e. The number of pyridine rings is 1. The van der Waals surface area contributed by atoms with E-state index in [0.29, 0.717) is 58.6 Å². The maximum absolute atomic E-state index is 15.2. The summed E-state index contributed by atoms with van der Waals surface area (Å²) < 4.78 is 43.4. The van der Waals surface area contributed by atoms with Crippen molar-refractivity contribution < 1.29 is 37.7 Å². The van der Waals surface area contributed by atoms with Crippen molar-refractivity contribution in [3.05, 3.63) is 72.2 Å². The number of carbonyl (C=O) groups is 2. The average Bonchev–Trinajstić information content (AvgIpc) is 3.10. The van der Waals surface area contributed by atoms with Gasteiger partial charge in [-0.15, -0.1) is 0 Å². The number of methoxy groups -OCH3 is 3. The van der Waals surface area contributed by atoms with Gasteiger partial charge >= 0.3 is 11.8 Å². The molecule has 0 radical (unpaired) electrons. The molecular weight excluding hydrogens is 607 g/mol. The Labute approximate surface area is 272 Å². The minimum Gasteiger partial charge on any atom is -0.493 e. The fraction of sp³-hybridized carbons (Fsp3) is 0.343. The van der Waals surface area contributed by atoms with E-state index in [1.54, 1.807) is 51.8 Å². The highest BCUT2D eigenvalue weighted by Crippen LogP contribution is 2.38. The molecule has 2 N–H and O–H groups in total. The molecule has 0 unspecified atom stereocenters. The van der Waals surface area contributed by atoms with Crippen LogP contribution in [0, 0.1) is 11.7 Å². The van der Waals surface area contributed by atoms with Crippen LogP contribution >= 0.6 is 0 Å². The van der Waals surface area contributed by atoms with Gasteiger partial charge in [-0.3, -0.25) is 14.6 Å². The molecule has 1 fully saturated rings. The fourth-order valence-corrected chi connectivity index (χ4v) is 5.32. The standard InChI is InChI=1S/C35H39FN4O7/c1-40(16-12-22-5-7-30(43-2)31(17-22)44-3)35(42)34(41)39-24-6-8-29(26(36)18-24)47-28-11-15-38-27-20-33(32(45-4)19-25(27)28)46-21-23-9-13-37-14-10-23/h5-8,11,15,17-20,23,37H,9-10,12-14,16,21H2,1-4H3,(H,39,41). The van der Waals surface area contributed by atoms with E-state index in [9.17, 15) is 9.59 Å². The number of piperidine rings is 1. The Morgan fingerprint density at radius 3 is 2.34 bits per heavy atom. The van der Waals surface area contributed by atoms with Crippen LogP contribution in [0.15, 0.2) is 60.8 Å². The summed E-state index contributed by atoms with van der Waals surface area (Å²) in [7, 11) is 6.18. The molecule has 1 saturated heterocycles. The van der Waals surface area contributed by atoms with E-state index in [1.807, 2.05) is 12.1 Å². The van der Waals surface area contributed by atoms with Crippen molar-refractivity contribution in [1.29, 1.82) is 0 Å². The zero-order valence-corrected chi connectivity index (χ0v) is 26.9. The van der Waals surface area contributed by atoms with Gasteiger partial charge in [0.2, 0.25) is 0 Å². The van der Waals surface area contributed by atoms with Gasteiger partial charge in [-0.05, 0) is 80.2 Å². The van der Waals surface area contributed by atoms with Gasteiger partial charge in [-0.25, -0.2) is 4.39 Å². The Hall–Kier alpha value is -5.10. The third kappa shape index (κ3) is 8.20. The zero-order chi connectivity index (χ0) is 33.3. The van der Waals surface area contributed by atoms with E-state index in [2.05, 4.69) is 15.6 Å². The predicted octanol–water partition coefficient (Wildman–Crippen LogP) is 5.21. The molecule has 2 amide bonds. The number of ether oxygens (including phenoxy) is 5. The van der Waals surface area contributed by atoms with Crippen LogP contribution in [0.2, 0.25) is 0 Å². The second kappa shape index (κ2) is 15.5. The molecular formula is C35H39FN4O7. The molecule has 0 atom stereocenters. The van der Waals surface area contributed by atoms with Crippen molar-refractivity contribution >= 4 is 28.4 Å². The average molecular weight is 647 g/mol. The number of carbonyl (C=O) groups excluding carboxylic acids is 2. The number of halogens is 1. The van der Waals surface area contributed by atoms with Gasteiger partial charge in [0, 0.05) is 43.0 Å². The second-order valence-electron chi connectivity index (χ2n) is 11.2. The molecule has 3 aromatic carbocycles. The first kappa shape index (κ1) is 33.3. The highest BCUT2D eigenvalue weighted by atomic mass is 19.1. The minimum atomic E-state index is -0.890. The van der Waals surface area contributed by atoms with Crippen LogP contribution in [0.1, 0.15) is 18.4 Å². The SMILES string of the molecule is COc1ccc(CCN(C)C(=O)C(=O)Nc2ccc(Oc3ccnc4cc(OCC5CCNCC5)c(OC)cc34)c(F)c2)cc1OC. The van der Waals surface area contributed by atoms with E-state index in [0.717, 1.165) is 37.6 Å². The van der Waals surface area contributed by atoms with Crippen molar-refractivity contribution in [2.45, 2.75) is 19.3 Å². The first-order chi connectivity index (χ1) is 22.8. The molecule has 0 saturated carbocycles. The van der Waals surface area contributed by atoms with Crippen molar-refractivity contribution in [1.82, 2.24) is 15.2 Å². The topological polar surface area (TPSA) is 120 Å². The molecule has 5 rings (SSSR count). The Balaban J connectivity index is 1.21. The monoisotopic (exact) mass is 646 g/mol. The second-order valence-corrected chi connectivity index (χ2v) is 11.2. The van der Waals surface area contributed by atoms with Crippen LogP contribution in [0.25, 0.3) is 10.9 Å². The molecule has 12 heteroatoms. The summed E-state index contributed by atoms with van der Waals surface area (Å²) in [5, 5.41) is 6.43. The summed E-state index contributed by atoms with van der Waals surface area (Å²) >= 11 is 0. The van der Waals surface area contributed by atoms with Crippen molar-refractivity contribution in [3.8, 4) is 34.5 Å². The van der Waals surface area contributed by atoms with E-state index in [4.69, 9.17) is 23.7 Å². The van der Waals surface area contributed by atoms with Crippen LogP contribution in [0.4, 0.5) is 10.1 Å². The molecule has 11 nitrogen and oxygen atoms in total. The number of rotatable bonds is 12. The number of likely N-dealkylation sites (N-methyl/N-ethyl adjacent to an activating group) is 1. The lowest BCUT2D eigenvalue weighted by Gasteiger charge is -2.23. The molecule has 1 aromatic heterocycles. The molecule has 0 bridgehead atoms. The van der Waals surface area contributed by atoms with Crippen LogP contribution in [-0.2, 0) is 16.0 Å². The number of nitrogens with zero attached hydrogens (tertiary/aromatic N) is 2. The van der Waals surface area contributed by atoms with Crippen molar-refractivity contribution in [2.75, 3.05) is 59.9 Å². The Morgan fingerprint density at radius 2 is 1.62 bits per heavy atom. The number of amides is 2. The Morgan fingerprint density at radius 1 is 0.894 bits per heavy atom. The van der Waals surface area contributed by atoms with Gasteiger partial charge in [-0.2, -0.15) is 0 Å². The van der Waals surface area contributed by atoms with Gasteiger partial charge in [0.15, 0.2) is 34.6 Å². The highest BCUT2D eigenvalue weighted by molar-refractivity contribution is 6.39. The lowest BCUT2D eigenvalue weighted by atomic mass is 9.99. The van der Waals surface area contributed by atoms with Crippen LogP contribution < -0.4 is 34.3 Å². The summed E-state index contributed by atoms with van der Waals surface area (Å²) in [6.45, 7) is 2.81. The van der Waals surface area contributed by atoms with Gasteiger partial charge in [0.05, 0.1) is 33.5 Å². The molecule has 1 aliphatic rings. The third-order valence-electron chi connectivity index (χ3n) is 8.05. The van der Waals surface area contributed by atoms with Gasteiger partial charge < -0.3 is 39.2 Å². The van der Waals surface area contributed by atoms with E-state index in [1.165, 1.54) is 24.1 Å². The third-order valence-corrected chi connectivity index (χ3v) is 8.05. The lowest BCUT2D eigenvalue weighted by molar-refractivity contribution is -0.142. The number of hydrogen-bond donors (Lipinski definition) is 2. The minimum absolute atomic E-state index is 0.0703. The van der Waals surface area contributed by atoms with E-state index < -0.39 is 17.6 Å². The maximum atomic E-state index is 15.2. The summed E-state index contributed by atoms with van der Waals surface area (Å²) in [5.41, 5.74) is 1.61. The summed E-state index contributed by atoms with van der Waals surface area (Å²) in [4.78, 5) is 31.2. The lowest BCUT2D eigenvalue weighted by Crippen LogP contribution is -2.38. The van der Waals surface area contributed by atoms with Crippen LogP contribution in [-0.4, -0.2) is 76.3 Å². The van der Waals surface area contributed by atoms with E-state index >= 15 is 4.39 Å². The number of hydrogen-bond acceptors (Lipinski definition) is 9. The Kier molecular flexibility index (Phi) is 10.9. The zero-order valence-electron chi connectivity index (χ0n) is 26.9. The molecule has 2 heterocycles. The summed E-state index contributed by atoms with van der Waals surface area (Å²) in [6, 6.07) is 14.6. The van der Waals surface area contributed by atoms with Crippen molar-refractivity contribution in [3.63, 3.8) is 0 Å².